The smallest absolute Gasteiger partial charge is 0.207 e. The molecular formula is C18H21FN5OP. The van der Waals surface area contributed by atoms with Crippen LogP contribution in [0.25, 0.3) is 11.4 Å². The van der Waals surface area contributed by atoms with Gasteiger partial charge >= 0.3 is 0 Å². The van der Waals surface area contributed by atoms with Crippen LogP contribution in [0.4, 0.5) is 15.8 Å². The first-order chi connectivity index (χ1) is 12.4. The lowest BCUT2D eigenvalue weighted by Gasteiger charge is -2.16. The molecule has 1 heterocycles. The summed E-state index contributed by atoms with van der Waals surface area (Å²) in [5, 5.41) is 23.2. The molecule has 0 bridgehead atoms. The Morgan fingerprint density at radius 1 is 1.23 bits per heavy atom. The van der Waals surface area contributed by atoms with E-state index in [1.165, 1.54) is 11.7 Å². The fourth-order valence-electron chi connectivity index (χ4n) is 2.53. The minimum Gasteiger partial charge on any atom is -0.394 e. The molecule has 3 aromatic rings. The van der Waals surface area contributed by atoms with E-state index in [0.717, 1.165) is 22.5 Å². The summed E-state index contributed by atoms with van der Waals surface area (Å²) < 4.78 is 14.0. The molecular weight excluding hydrogens is 352 g/mol. The molecule has 0 radical (unpaired) electrons. The van der Waals surface area contributed by atoms with Crippen LogP contribution < -0.4 is 5.32 Å². The number of anilines is 2. The van der Waals surface area contributed by atoms with Crippen LogP contribution in [0.3, 0.4) is 0 Å². The van der Waals surface area contributed by atoms with E-state index in [0.29, 0.717) is 17.9 Å². The van der Waals surface area contributed by atoms with Crippen molar-refractivity contribution in [1.29, 1.82) is 0 Å². The number of hydrogen-bond donors (Lipinski definition) is 2. The molecule has 2 aromatic carbocycles. The summed E-state index contributed by atoms with van der Waals surface area (Å²) in [5.74, 6) is 0.471. The summed E-state index contributed by atoms with van der Waals surface area (Å²) in [6.07, 6.45) is 0. The van der Waals surface area contributed by atoms with Crippen LogP contribution in [-0.4, -0.2) is 31.9 Å². The Bertz CT molecular complexity index is 889. The summed E-state index contributed by atoms with van der Waals surface area (Å²) in [6, 6.07) is 13.1. The van der Waals surface area contributed by atoms with Gasteiger partial charge in [-0.25, -0.2) is 4.39 Å². The fourth-order valence-corrected chi connectivity index (χ4v) is 2.72. The highest BCUT2D eigenvalue weighted by Crippen LogP contribution is 2.34. The lowest BCUT2D eigenvalue weighted by atomic mass is 10.1. The third-order valence-electron chi connectivity index (χ3n) is 3.90. The predicted molar refractivity (Wildman–Crippen MR) is 103 cm³/mol. The first kappa shape index (κ1) is 18.4. The highest BCUT2D eigenvalue weighted by molar-refractivity contribution is 7.18. The molecule has 26 heavy (non-hydrogen) atoms. The van der Waals surface area contributed by atoms with Gasteiger partial charge in [0.1, 0.15) is 5.41 Å². The van der Waals surface area contributed by atoms with Crippen LogP contribution in [0.5, 0.6) is 0 Å². The van der Waals surface area contributed by atoms with Crippen LogP contribution in [0.15, 0.2) is 42.5 Å². The number of nitrogens with zero attached hydrogens (tertiary/aromatic N) is 4. The van der Waals surface area contributed by atoms with E-state index in [1.807, 2.05) is 37.3 Å². The van der Waals surface area contributed by atoms with Gasteiger partial charge in [-0.3, -0.25) is 0 Å². The Kier molecular flexibility index (Phi) is 5.30. The van der Waals surface area contributed by atoms with Crippen LogP contribution >= 0.6 is 9.24 Å². The number of alkyl halides is 1. The molecule has 2 unspecified atom stereocenters. The maximum absolute atomic E-state index is 14.0. The molecule has 1 aromatic heterocycles. The molecule has 8 heteroatoms. The second-order valence-electron chi connectivity index (χ2n) is 6.26. The van der Waals surface area contributed by atoms with E-state index < -0.39 is 5.41 Å². The average molecular weight is 373 g/mol. The number of halogens is 1. The zero-order chi connectivity index (χ0) is 18.7. The Morgan fingerprint density at radius 2 is 1.96 bits per heavy atom. The third kappa shape index (κ3) is 4.23. The topological polar surface area (TPSA) is 75.9 Å². The van der Waals surface area contributed by atoms with Crippen molar-refractivity contribution in [3.05, 3.63) is 53.6 Å². The summed E-state index contributed by atoms with van der Waals surface area (Å²) in [7, 11) is 2.19. The van der Waals surface area contributed by atoms with Gasteiger partial charge in [-0.2, -0.15) is 4.80 Å². The highest BCUT2D eigenvalue weighted by Gasteiger charge is 2.18. The van der Waals surface area contributed by atoms with Crippen LogP contribution in [0.2, 0.25) is 0 Å². The van der Waals surface area contributed by atoms with Crippen LogP contribution in [0.1, 0.15) is 18.1 Å². The molecule has 2 N–H and O–H groups in total. The van der Waals surface area contributed by atoms with Crippen molar-refractivity contribution in [3.63, 3.8) is 0 Å². The maximum Gasteiger partial charge on any atom is 0.207 e. The number of aliphatic hydroxyl groups excluding tert-OH is 1. The molecule has 0 aliphatic heterocycles. The average Bonchev–Trinajstić information content (AvgIpc) is 3.03. The second kappa shape index (κ2) is 7.48. The van der Waals surface area contributed by atoms with Crippen molar-refractivity contribution in [3.8, 4) is 11.4 Å². The van der Waals surface area contributed by atoms with Gasteiger partial charge < -0.3 is 10.4 Å². The van der Waals surface area contributed by atoms with Crippen LogP contribution in [0, 0.1) is 6.92 Å². The van der Waals surface area contributed by atoms with Gasteiger partial charge in [0.25, 0.3) is 0 Å². The quantitative estimate of drug-likeness (QED) is 0.648. The zero-order valence-corrected chi connectivity index (χ0v) is 15.8. The van der Waals surface area contributed by atoms with Gasteiger partial charge in [0.05, 0.1) is 13.2 Å². The summed E-state index contributed by atoms with van der Waals surface area (Å²) in [4.78, 5) is 1.36. The number of benzene rings is 2. The van der Waals surface area contributed by atoms with Crippen molar-refractivity contribution >= 4 is 20.6 Å². The van der Waals surface area contributed by atoms with Crippen molar-refractivity contribution in [2.45, 2.75) is 25.8 Å². The number of rotatable bonds is 6. The normalized spacial score (nSPS) is 13.4. The summed E-state index contributed by atoms with van der Waals surface area (Å²) in [5.41, 5.74) is 4.13. The predicted octanol–water partition coefficient (Wildman–Crippen LogP) is 3.40. The monoisotopic (exact) mass is 373 g/mol. The molecule has 0 aliphatic rings. The van der Waals surface area contributed by atoms with Gasteiger partial charge in [0, 0.05) is 16.9 Å². The first-order valence-corrected chi connectivity index (χ1v) is 8.79. The van der Waals surface area contributed by atoms with Crippen molar-refractivity contribution in [1.82, 2.24) is 20.2 Å². The van der Waals surface area contributed by atoms with Gasteiger partial charge in [0.2, 0.25) is 5.82 Å². The molecule has 3 rings (SSSR count). The number of aryl methyl sites for hydroxylation is 1. The highest BCUT2D eigenvalue weighted by atomic mass is 31.0. The zero-order valence-electron chi connectivity index (χ0n) is 14.6. The van der Waals surface area contributed by atoms with Crippen molar-refractivity contribution in [2.75, 3.05) is 11.9 Å². The number of aliphatic hydroxyl groups is 1. The fraction of sp³-hybridized carbons (Fsp3) is 0.278. The van der Waals surface area contributed by atoms with E-state index >= 15 is 0 Å². The lowest BCUT2D eigenvalue weighted by molar-refractivity contribution is 0.259. The van der Waals surface area contributed by atoms with Gasteiger partial charge in [-0.05, 0) is 54.5 Å². The van der Waals surface area contributed by atoms with Crippen LogP contribution in [-0.2, 0) is 12.0 Å². The molecule has 0 fully saturated rings. The van der Waals surface area contributed by atoms with Crippen molar-refractivity contribution in [2.24, 2.45) is 0 Å². The standard InChI is InChI=1S/C18H21FN5OP/c1-12-3-8-15(17-21-23-24(22-17)9-10-25)16(11-12)20-14-6-4-13(5-7-14)18(2,19)26/h3-8,11,20,25H,9-10,26H2,1-2H3. The number of aromatic nitrogens is 4. The third-order valence-corrected chi connectivity index (χ3v) is 4.23. The lowest BCUT2D eigenvalue weighted by Crippen LogP contribution is -2.05. The van der Waals surface area contributed by atoms with E-state index in [1.54, 1.807) is 12.1 Å². The Hall–Kier alpha value is -2.37. The van der Waals surface area contributed by atoms with E-state index in [2.05, 4.69) is 30.0 Å². The maximum atomic E-state index is 14.0. The van der Waals surface area contributed by atoms with Crippen molar-refractivity contribution < 1.29 is 9.50 Å². The Morgan fingerprint density at radius 3 is 2.62 bits per heavy atom. The van der Waals surface area contributed by atoms with Gasteiger partial charge in [-0.1, -0.05) is 27.4 Å². The minimum atomic E-state index is -1.46. The Balaban J connectivity index is 1.90. The first-order valence-electron chi connectivity index (χ1n) is 8.22. The molecule has 0 saturated carbocycles. The van der Waals surface area contributed by atoms with Gasteiger partial charge in [-0.15, -0.1) is 10.2 Å². The molecule has 0 amide bonds. The van der Waals surface area contributed by atoms with Gasteiger partial charge in [0.15, 0.2) is 0 Å². The van der Waals surface area contributed by atoms with E-state index in [4.69, 9.17) is 5.11 Å². The number of tetrazole rings is 1. The molecule has 6 nitrogen and oxygen atoms in total. The summed E-state index contributed by atoms with van der Waals surface area (Å²) in [6.45, 7) is 3.74. The molecule has 0 aliphatic carbocycles. The van der Waals surface area contributed by atoms with E-state index in [9.17, 15) is 4.39 Å². The number of hydrogen-bond acceptors (Lipinski definition) is 5. The molecule has 0 saturated heterocycles. The largest absolute Gasteiger partial charge is 0.394 e. The minimum absolute atomic E-state index is 0.0512. The second-order valence-corrected chi connectivity index (χ2v) is 7.34. The molecule has 136 valence electrons. The summed E-state index contributed by atoms with van der Waals surface area (Å²) >= 11 is 0. The molecule has 2 atom stereocenters. The SMILES string of the molecule is Cc1ccc(-c2nnn(CCO)n2)c(Nc2ccc(C(C)(F)P)cc2)c1. The Labute approximate surface area is 153 Å². The molecule has 0 spiro atoms. The number of nitrogens with one attached hydrogen (secondary N) is 1. The van der Waals surface area contributed by atoms with E-state index in [-0.39, 0.29) is 6.61 Å².